The first-order valence-electron chi connectivity index (χ1n) is 5.84. The van der Waals surface area contributed by atoms with Gasteiger partial charge in [-0.25, -0.2) is 0 Å². The summed E-state index contributed by atoms with van der Waals surface area (Å²) in [7, 11) is 0. The highest BCUT2D eigenvalue weighted by Crippen LogP contribution is 2.39. The molecule has 0 amide bonds. The second-order valence-electron chi connectivity index (χ2n) is 4.25. The lowest BCUT2D eigenvalue weighted by atomic mass is 9.97. The smallest absolute Gasteiger partial charge is 0.330 e. The zero-order valence-corrected chi connectivity index (χ0v) is 11.8. The highest BCUT2D eigenvalue weighted by molar-refractivity contribution is 7.99. The molecule has 1 N–H and O–H groups in total. The summed E-state index contributed by atoms with van der Waals surface area (Å²) in [5, 5.41) is 0. The summed E-state index contributed by atoms with van der Waals surface area (Å²) in [4.78, 5) is 3.92. The molecule has 0 aliphatic heterocycles. The van der Waals surface area contributed by atoms with Gasteiger partial charge in [-0.1, -0.05) is 18.0 Å². The largest absolute Gasteiger partial charge is 0.417 e. The Hall–Kier alpha value is -1.69. The number of hydrogen-bond donors (Lipinski definition) is 1. The number of halogens is 3. The van der Waals surface area contributed by atoms with Gasteiger partial charge in [0.05, 0.1) is 5.56 Å². The van der Waals surface area contributed by atoms with Crippen molar-refractivity contribution in [2.75, 3.05) is 11.0 Å². The van der Waals surface area contributed by atoms with Gasteiger partial charge >= 0.3 is 6.18 Å². The number of nitrogens with zero attached hydrogens (tertiary/aromatic N) is 1. The van der Waals surface area contributed by atoms with Crippen molar-refractivity contribution < 1.29 is 13.2 Å². The first kappa shape index (κ1) is 14.7. The molecule has 106 valence electrons. The van der Waals surface area contributed by atoms with Crippen molar-refractivity contribution in [3.8, 4) is 11.1 Å². The van der Waals surface area contributed by atoms with Crippen LogP contribution in [0.5, 0.6) is 0 Å². The second kappa shape index (κ2) is 5.75. The maximum Gasteiger partial charge on any atom is 0.417 e. The van der Waals surface area contributed by atoms with Crippen LogP contribution in [0.3, 0.4) is 0 Å². The summed E-state index contributed by atoms with van der Waals surface area (Å²) in [5.41, 5.74) is 1.17. The van der Waals surface area contributed by atoms with Gasteiger partial charge in [0.1, 0.15) is 0 Å². The van der Waals surface area contributed by atoms with Crippen LogP contribution in [0, 0.1) is 6.92 Å². The van der Waals surface area contributed by atoms with Crippen LogP contribution in [0.4, 0.5) is 18.9 Å². The molecule has 1 heterocycles. The van der Waals surface area contributed by atoms with Gasteiger partial charge in [0, 0.05) is 29.9 Å². The zero-order valence-electron chi connectivity index (χ0n) is 11.0. The number of aromatic nitrogens is 1. The molecule has 0 fully saturated rings. The molecule has 0 unspecified atom stereocenters. The number of benzene rings is 1. The molecule has 20 heavy (non-hydrogen) atoms. The van der Waals surface area contributed by atoms with Crippen molar-refractivity contribution in [1.82, 2.24) is 4.98 Å². The fraction of sp³-hybridized carbons (Fsp3) is 0.214. The lowest BCUT2D eigenvalue weighted by Gasteiger charge is -2.16. The quantitative estimate of drug-likeness (QED) is 0.827. The topological polar surface area (TPSA) is 24.9 Å². The summed E-state index contributed by atoms with van der Waals surface area (Å²) in [6, 6.07) is 5.93. The van der Waals surface area contributed by atoms with Gasteiger partial charge in [0.15, 0.2) is 0 Å². The number of hydrogen-bond acceptors (Lipinski definition) is 3. The molecule has 0 saturated carbocycles. The van der Waals surface area contributed by atoms with Crippen molar-refractivity contribution in [1.29, 1.82) is 0 Å². The number of pyridine rings is 1. The standard InChI is InChI=1S/C14H13F3N2S/c1-9-5-6-18-8-12(9)11-4-3-10(19-20-2)7-13(11)14(15,16)17/h3-8,19H,1-2H3. The van der Waals surface area contributed by atoms with E-state index in [0.717, 1.165) is 11.6 Å². The molecule has 2 nitrogen and oxygen atoms in total. The number of rotatable bonds is 3. The predicted octanol–water partition coefficient (Wildman–Crippen LogP) is 4.77. The third-order valence-corrected chi connectivity index (χ3v) is 3.31. The second-order valence-corrected chi connectivity index (χ2v) is 4.87. The first-order chi connectivity index (χ1) is 9.43. The van der Waals surface area contributed by atoms with Crippen LogP contribution in [0.2, 0.25) is 0 Å². The molecule has 0 bridgehead atoms. The number of anilines is 1. The van der Waals surface area contributed by atoms with Crippen LogP contribution in [0.1, 0.15) is 11.1 Å². The van der Waals surface area contributed by atoms with Gasteiger partial charge in [-0.05, 0) is 36.2 Å². The minimum atomic E-state index is -4.41. The molecule has 0 radical (unpaired) electrons. The van der Waals surface area contributed by atoms with Crippen molar-refractivity contribution in [3.63, 3.8) is 0 Å². The Morgan fingerprint density at radius 2 is 1.90 bits per heavy atom. The third-order valence-electron chi connectivity index (χ3n) is 2.87. The predicted molar refractivity (Wildman–Crippen MR) is 76.5 cm³/mol. The molecule has 2 aromatic rings. The Morgan fingerprint density at radius 1 is 1.15 bits per heavy atom. The molecule has 0 spiro atoms. The van der Waals surface area contributed by atoms with Gasteiger partial charge in [-0.15, -0.1) is 0 Å². The summed E-state index contributed by atoms with van der Waals surface area (Å²) >= 11 is 1.25. The SMILES string of the molecule is CSNc1ccc(-c2cnccc2C)c(C(F)(F)F)c1. The summed E-state index contributed by atoms with van der Waals surface area (Å²) in [5.74, 6) is 0. The normalized spacial score (nSPS) is 11.4. The summed E-state index contributed by atoms with van der Waals surface area (Å²) in [6.45, 7) is 1.77. The Balaban J connectivity index is 2.61. The third kappa shape index (κ3) is 3.07. The van der Waals surface area contributed by atoms with Gasteiger partial charge in [0.2, 0.25) is 0 Å². The molecule has 0 aliphatic carbocycles. The minimum absolute atomic E-state index is 0.148. The molecular weight excluding hydrogens is 285 g/mol. The van der Waals surface area contributed by atoms with E-state index in [-0.39, 0.29) is 5.56 Å². The van der Waals surface area contributed by atoms with Gasteiger partial charge < -0.3 is 4.72 Å². The monoisotopic (exact) mass is 298 g/mol. The van der Waals surface area contributed by atoms with Crippen molar-refractivity contribution >= 4 is 17.6 Å². The van der Waals surface area contributed by atoms with E-state index in [1.807, 2.05) is 0 Å². The van der Waals surface area contributed by atoms with Gasteiger partial charge in [0.25, 0.3) is 0 Å². The van der Waals surface area contributed by atoms with E-state index in [0.29, 0.717) is 11.3 Å². The highest BCUT2D eigenvalue weighted by atomic mass is 32.2. The summed E-state index contributed by atoms with van der Waals surface area (Å²) < 4.78 is 42.5. The summed E-state index contributed by atoms with van der Waals surface area (Å²) in [6.07, 6.45) is 0.372. The maximum absolute atomic E-state index is 13.2. The van der Waals surface area contributed by atoms with Crippen LogP contribution < -0.4 is 4.72 Å². The van der Waals surface area contributed by atoms with Crippen LogP contribution in [-0.4, -0.2) is 11.2 Å². The van der Waals surface area contributed by atoms with E-state index < -0.39 is 11.7 Å². The van der Waals surface area contributed by atoms with Crippen molar-refractivity contribution in [3.05, 3.63) is 47.8 Å². The van der Waals surface area contributed by atoms with E-state index >= 15 is 0 Å². The molecule has 6 heteroatoms. The van der Waals surface area contributed by atoms with Gasteiger partial charge in [-0.2, -0.15) is 13.2 Å². The van der Waals surface area contributed by atoms with E-state index in [1.165, 1.54) is 24.2 Å². The average molecular weight is 298 g/mol. The molecular formula is C14H13F3N2S. The van der Waals surface area contributed by atoms with Crippen LogP contribution in [-0.2, 0) is 6.18 Å². The van der Waals surface area contributed by atoms with Crippen molar-refractivity contribution in [2.24, 2.45) is 0 Å². The lowest BCUT2D eigenvalue weighted by Crippen LogP contribution is -2.08. The first-order valence-corrected chi connectivity index (χ1v) is 7.07. The zero-order chi connectivity index (χ0) is 14.8. The number of nitrogens with one attached hydrogen (secondary N) is 1. The Morgan fingerprint density at radius 3 is 2.50 bits per heavy atom. The number of aryl methyl sites for hydroxylation is 1. The molecule has 1 aromatic carbocycles. The molecule has 0 aliphatic rings. The Kier molecular flexibility index (Phi) is 4.23. The fourth-order valence-electron chi connectivity index (χ4n) is 1.94. The lowest BCUT2D eigenvalue weighted by molar-refractivity contribution is -0.137. The highest BCUT2D eigenvalue weighted by Gasteiger charge is 2.34. The van der Waals surface area contributed by atoms with E-state index in [4.69, 9.17) is 0 Å². The van der Waals surface area contributed by atoms with Gasteiger partial charge in [-0.3, -0.25) is 4.98 Å². The van der Waals surface area contributed by atoms with Crippen LogP contribution >= 0.6 is 11.9 Å². The van der Waals surface area contributed by atoms with E-state index in [1.54, 1.807) is 31.5 Å². The molecule has 1 aromatic heterocycles. The Labute approximate surface area is 119 Å². The van der Waals surface area contributed by atoms with Crippen LogP contribution in [0.25, 0.3) is 11.1 Å². The maximum atomic E-state index is 13.2. The van der Waals surface area contributed by atoms with Crippen LogP contribution in [0.15, 0.2) is 36.7 Å². The Bertz CT molecular complexity index is 612. The van der Waals surface area contributed by atoms with E-state index in [2.05, 4.69) is 9.71 Å². The molecule has 0 atom stereocenters. The molecule has 2 rings (SSSR count). The number of alkyl halides is 3. The molecule has 0 saturated heterocycles. The fourth-order valence-corrected chi connectivity index (χ4v) is 2.30. The average Bonchev–Trinajstić information content (AvgIpc) is 2.39. The van der Waals surface area contributed by atoms with E-state index in [9.17, 15) is 13.2 Å². The minimum Gasteiger partial charge on any atom is -0.330 e. The van der Waals surface area contributed by atoms with Crippen molar-refractivity contribution in [2.45, 2.75) is 13.1 Å².